The van der Waals surface area contributed by atoms with Gasteiger partial charge in [0.2, 0.25) is 0 Å². The van der Waals surface area contributed by atoms with Gasteiger partial charge in [-0.15, -0.1) is 0 Å². The summed E-state index contributed by atoms with van der Waals surface area (Å²) in [4.78, 5) is 0. The molecule has 100 valence electrons. The van der Waals surface area contributed by atoms with E-state index in [0.29, 0.717) is 6.04 Å². The number of rotatable bonds is 4. The van der Waals surface area contributed by atoms with Crippen LogP contribution in [0.4, 0.5) is 4.39 Å². The molecule has 0 radical (unpaired) electrons. The van der Waals surface area contributed by atoms with Crippen LogP contribution < -0.4 is 5.32 Å². The van der Waals surface area contributed by atoms with Crippen LogP contribution >= 0.6 is 0 Å². The van der Waals surface area contributed by atoms with Crippen LogP contribution in [0.3, 0.4) is 0 Å². The second-order valence-corrected chi connectivity index (χ2v) is 5.04. The molecule has 1 fully saturated rings. The summed E-state index contributed by atoms with van der Waals surface area (Å²) >= 11 is 0. The van der Waals surface area contributed by atoms with Gasteiger partial charge < -0.3 is 10.1 Å². The van der Waals surface area contributed by atoms with Crippen LogP contribution in [0.2, 0.25) is 0 Å². The van der Waals surface area contributed by atoms with Gasteiger partial charge in [-0.25, -0.2) is 4.39 Å². The molecule has 18 heavy (non-hydrogen) atoms. The fourth-order valence-electron chi connectivity index (χ4n) is 2.55. The molecule has 0 amide bonds. The summed E-state index contributed by atoms with van der Waals surface area (Å²) in [6, 6.07) is 5.49. The molecule has 2 unspecified atom stereocenters. The highest BCUT2D eigenvalue weighted by Crippen LogP contribution is 2.30. The molecule has 1 saturated heterocycles. The van der Waals surface area contributed by atoms with Gasteiger partial charge in [0, 0.05) is 12.6 Å². The second kappa shape index (κ2) is 6.30. The number of ether oxygens (including phenoxy) is 1. The minimum absolute atomic E-state index is 0.105. The summed E-state index contributed by atoms with van der Waals surface area (Å²) in [6.45, 7) is 5.96. The SMILES string of the molecule is CCCNC1CCOC(c2ccc(F)cc2C)C1. The first-order valence-corrected chi connectivity index (χ1v) is 6.81. The Morgan fingerprint density at radius 2 is 2.28 bits per heavy atom. The molecule has 0 aliphatic carbocycles. The van der Waals surface area contributed by atoms with Crippen LogP contribution in [-0.4, -0.2) is 19.2 Å². The molecule has 0 saturated carbocycles. The lowest BCUT2D eigenvalue weighted by Crippen LogP contribution is -2.36. The monoisotopic (exact) mass is 251 g/mol. The van der Waals surface area contributed by atoms with E-state index in [1.54, 1.807) is 6.07 Å². The predicted molar refractivity (Wildman–Crippen MR) is 71.1 cm³/mol. The average molecular weight is 251 g/mol. The van der Waals surface area contributed by atoms with Gasteiger partial charge in [-0.2, -0.15) is 0 Å². The van der Waals surface area contributed by atoms with Crippen LogP contribution in [0.25, 0.3) is 0 Å². The maximum atomic E-state index is 13.1. The third-order valence-electron chi connectivity index (χ3n) is 3.55. The zero-order valence-electron chi connectivity index (χ0n) is 11.2. The van der Waals surface area contributed by atoms with E-state index < -0.39 is 0 Å². The van der Waals surface area contributed by atoms with E-state index in [4.69, 9.17) is 4.74 Å². The molecule has 2 rings (SSSR count). The highest BCUT2D eigenvalue weighted by atomic mass is 19.1. The molecule has 1 heterocycles. The summed E-state index contributed by atoms with van der Waals surface area (Å²) in [5.74, 6) is -0.173. The molecule has 2 atom stereocenters. The molecule has 1 aliphatic rings. The summed E-state index contributed by atoms with van der Waals surface area (Å²) in [5.41, 5.74) is 2.11. The molecule has 0 aromatic heterocycles. The van der Waals surface area contributed by atoms with Crippen molar-refractivity contribution in [3.05, 3.63) is 35.1 Å². The first kappa shape index (κ1) is 13.5. The van der Waals surface area contributed by atoms with Gasteiger partial charge in [-0.1, -0.05) is 13.0 Å². The Morgan fingerprint density at radius 3 is 3.00 bits per heavy atom. The van der Waals surface area contributed by atoms with Gasteiger partial charge in [-0.3, -0.25) is 0 Å². The van der Waals surface area contributed by atoms with Crippen molar-refractivity contribution in [1.82, 2.24) is 5.32 Å². The Labute approximate surface area is 109 Å². The smallest absolute Gasteiger partial charge is 0.123 e. The number of aryl methyl sites for hydroxylation is 1. The van der Waals surface area contributed by atoms with Crippen molar-refractivity contribution < 1.29 is 9.13 Å². The van der Waals surface area contributed by atoms with Crippen LogP contribution in [0.5, 0.6) is 0 Å². The quantitative estimate of drug-likeness (QED) is 0.886. The zero-order valence-corrected chi connectivity index (χ0v) is 11.2. The summed E-state index contributed by atoms with van der Waals surface area (Å²) in [6.07, 6.45) is 3.30. The molecular formula is C15H22FNO. The van der Waals surface area contributed by atoms with Crippen molar-refractivity contribution in [1.29, 1.82) is 0 Å². The highest BCUT2D eigenvalue weighted by molar-refractivity contribution is 5.29. The maximum Gasteiger partial charge on any atom is 0.123 e. The molecule has 0 bridgehead atoms. The third kappa shape index (κ3) is 3.30. The Hall–Kier alpha value is -0.930. The van der Waals surface area contributed by atoms with Crippen molar-refractivity contribution in [3.8, 4) is 0 Å². The molecule has 1 N–H and O–H groups in total. The maximum absolute atomic E-state index is 13.1. The van der Waals surface area contributed by atoms with Crippen LogP contribution in [0, 0.1) is 12.7 Å². The van der Waals surface area contributed by atoms with Gasteiger partial charge in [0.25, 0.3) is 0 Å². The van der Waals surface area contributed by atoms with Crippen molar-refractivity contribution >= 4 is 0 Å². The number of hydrogen-bond acceptors (Lipinski definition) is 2. The lowest BCUT2D eigenvalue weighted by atomic mass is 9.94. The lowest BCUT2D eigenvalue weighted by Gasteiger charge is -2.31. The van der Waals surface area contributed by atoms with Crippen molar-refractivity contribution in [3.63, 3.8) is 0 Å². The zero-order chi connectivity index (χ0) is 13.0. The van der Waals surface area contributed by atoms with E-state index in [1.165, 1.54) is 6.07 Å². The fraction of sp³-hybridized carbons (Fsp3) is 0.600. The molecule has 1 aromatic carbocycles. The number of benzene rings is 1. The van der Waals surface area contributed by atoms with Crippen molar-refractivity contribution in [2.45, 2.75) is 45.3 Å². The molecule has 0 spiro atoms. The second-order valence-electron chi connectivity index (χ2n) is 5.04. The van der Waals surface area contributed by atoms with Gasteiger partial charge in [-0.05, 0) is 56.0 Å². The Kier molecular flexibility index (Phi) is 4.72. The number of halogens is 1. The number of hydrogen-bond donors (Lipinski definition) is 1. The van der Waals surface area contributed by atoms with Crippen molar-refractivity contribution in [2.24, 2.45) is 0 Å². The van der Waals surface area contributed by atoms with E-state index >= 15 is 0 Å². The van der Waals surface area contributed by atoms with Crippen LogP contribution in [0.15, 0.2) is 18.2 Å². The van der Waals surface area contributed by atoms with E-state index in [0.717, 1.165) is 43.5 Å². The summed E-state index contributed by atoms with van der Waals surface area (Å²) < 4.78 is 18.9. The van der Waals surface area contributed by atoms with E-state index in [2.05, 4.69) is 12.2 Å². The molecular weight excluding hydrogens is 229 g/mol. The van der Waals surface area contributed by atoms with Gasteiger partial charge in [0.15, 0.2) is 0 Å². The predicted octanol–water partition coefficient (Wildman–Crippen LogP) is 3.35. The molecule has 1 aliphatic heterocycles. The Morgan fingerprint density at radius 1 is 1.44 bits per heavy atom. The third-order valence-corrected chi connectivity index (χ3v) is 3.55. The van der Waals surface area contributed by atoms with Crippen LogP contribution in [0.1, 0.15) is 43.4 Å². The topological polar surface area (TPSA) is 21.3 Å². The highest BCUT2D eigenvalue weighted by Gasteiger charge is 2.24. The largest absolute Gasteiger partial charge is 0.373 e. The average Bonchev–Trinajstić information content (AvgIpc) is 2.36. The number of nitrogens with one attached hydrogen (secondary N) is 1. The first-order chi connectivity index (χ1) is 8.70. The molecule has 2 nitrogen and oxygen atoms in total. The summed E-state index contributed by atoms with van der Waals surface area (Å²) in [5, 5.41) is 3.55. The lowest BCUT2D eigenvalue weighted by molar-refractivity contribution is -0.0000166. The first-order valence-electron chi connectivity index (χ1n) is 6.81. The van der Waals surface area contributed by atoms with E-state index in [1.807, 2.05) is 13.0 Å². The van der Waals surface area contributed by atoms with Gasteiger partial charge >= 0.3 is 0 Å². The molecule has 1 aromatic rings. The van der Waals surface area contributed by atoms with Gasteiger partial charge in [0.1, 0.15) is 5.82 Å². The molecule has 3 heteroatoms. The Balaban J connectivity index is 2.03. The van der Waals surface area contributed by atoms with Crippen LogP contribution in [-0.2, 0) is 4.74 Å². The minimum atomic E-state index is -0.173. The normalized spacial score (nSPS) is 24.2. The standard InChI is InChI=1S/C15H22FNO/c1-3-7-17-13-6-8-18-15(10-13)14-5-4-12(16)9-11(14)2/h4-5,9,13,15,17H,3,6-8,10H2,1-2H3. The van der Waals surface area contributed by atoms with E-state index in [-0.39, 0.29) is 11.9 Å². The fourth-order valence-corrected chi connectivity index (χ4v) is 2.55. The minimum Gasteiger partial charge on any atom is -0.373 e. The van der Waals surface area contributed by atoms with E-state index in [9.17, 15) is 4.39 Å². The Bertz CT molecular complexity index is 394. The van der Waals surface area contributed by atoms with Gasteiger partial charge in [0.05, 0.1) is 6.10 Å². The van der Waals surface area contributed by atoms with Crippen molar-refractivity contribution in [2.75, 3.05) is 13.2 Å². The summed E-state index contributed by atoms with van der Waals surface area (Å²) in [7, 11) is 0.